The summed E-state index contributed by atoms with van der Waals surface area (Å²) in [7, 11) is -3.43. The third-order valence-electron chi connectivity index (χ3n) is 1.93. The predicted octanol–water partition coefficient (Wildman–Crippen LogP) is 2.54. The van der Waals surface area contributed by atoms with E-state index < -0.39 is 10.1 Å². The van der Waals surface area contributed by atoms with E-state index in [-0.39, 0.29) is 6.61 Å². The Kier molecular flexibility index (Phi) is 3.29. The Morgan fingerprint density at radius 2 is 2.25 bits per heavy atom. The summed E-state index contributed by atoms with van der Waals surface area (Å²) in [4.78, 5) is 0. The van der Waals surface area contributed by atoms with Crippen LogP contribution in [0.2, 0.25) is 0 Å². The molecule has 0 bridgehead atoms. The van der Waals surface area contributed by atoms with Gasteiger partial charge in [-0.05, 0) is 33.5 Å². The zero-order valence-corrected chi connectivity index (χ0v) is 11.5. The van der Waals surface area contributed by atoms with Crippen molar-refractivity contribution in [2.75, 3.05) is 6.26 Å². The van der Waals surface area contributed by atoms with Gasteiger partial charge in [-0.1, -0.05) is 12.1 Å². The van der Waals surface area contributed by atoms with Gasteiger partial charge < -0.3 is 0 Å². The van der Waals surface area contributed by atoms with Crippen LogP contribution in [-0.2, 0) is 20.9 Å². The molecule has 0 radical (unpaired) electrons. The Hall–Kier alpha value is -0.500. The molecule has 0 aliphatic rings. The van der Waals surface area contributed by atoms with E-state index in [9.17, 15) is 8.42 Å². The molecule has 0 saturated carbocycles. The first kappa shape index (κ1) is 12.0. The van der Waals surface area contributed by atoms with Gasteiger partial charge >= 0.3 is 0 Å². The highest BCUT2D eigenvalue weighted by molar-refractivity contribution is 9.10. The van der Waals surface area contributed by atoms with Gasteiger partial charge in [0.05, 0.1) is 16.6 Å². The van der Waals surface area contributed by atoms with Crippen LogP contribution in [-0.4, -0.2) is 19.0 Å². The van der Waals surface area contributed by atoms with Crippen molar-refractivity contribution in [1.29, 1.82) is 0 Å². The van der Waals surface area contributed by atoms with Crippen LogP contribution >= 0.6 is 27.5 Å². The second-order valence-corrected chi connectivity index (χ2v) is 6.48. The summed E-state index contributed by atoms with van der Waals surface area (Å²) in [5.41, 5.74) is 0.645. The summed E-state index contributed by atoms with van der Waals surface area (Å²) in [5.74, 6) is 0. The molecule has 1 heterocycles. The molecule has 0 atom stereocenters. The zero-order chi connectivity index (χ0) is 11.8. The number of hydrogen-bond donors (Lipinski definition) is 0. The summed E-state index contributed by atoms with van der Waals surface area (Å²) in [6.45, 7) is -0.0186. The van der Waals surface area contributed by atoms with Gasteiger partial charge in [0.25, 0.3) is 10.1 Å². The number of benzene rings is 1. The molecular weight excluding hydrogens is 314 g/mol. The molecule has 2 aromatic rings. The standard InChI is InChI=1S/C9H8BrNO3S2/c1-16(12,13)14-5-8-6-3-2-4-7(10)9(6)15-11-8/h2-4H,5H2,1H3. The second kappa shape index (κ2) is 4.40. The van der Waals surface area contributed by atoms with Crippen LogP contribution in [0.25, 0.3) is 10.1 Å². The van der Waals surface area contributed by atoms with Crippen molar-refractivity contribution in [1.82, 2.24) is 4.37 Å². The van der Waals surface area contributed by atoms with Crippen molar-refractivity contribution in [2.24, 2.45) is 0 Å². The molecule has 0 fully saturated rings. The quantitative estimate of drug-likeness (QED) is 0.815. The number of halogens is 1. The fourth-order valence-corrected chi connectivity index (χ4v) is 2.95. The van der Waals surface area contributed by atoms with Crippen molar-refractivity contribution in [3.8, 4) is 0 Å². The van der Waals surface area contributed by atoms with E-state index in [1.165, 1.54) is 11.5 Å². The molecule has 4 nitrogen and oxygen atoms in total. The van der Waals surface area contributed by atoms with Gasteiger partial charge in [-0.15, -0.1) is 0 Å². The Morgan fingerprint density at radius 1 is 1.50 bits per heavy atom. The monoisotopic (exact) mass is 321 g/mol. The average molecular weight is 322 g/mol. The van der Waals surface area contributed by atoms with E-state index in [0.29, 0.717) is 5.69 Å². The van der Waals surface area contributed by atoms with E-state index in [1.807, 2.05) is 18.2 Å². The van der Waals surface area contributed by atoms with Crippen LogP contribution in [0.1, 0.15) is 5.69 Å². The molecule has 16 heavy (non-hydrogen) atoms. The molecule has 1 aromatic heterocycles. The molecule has 86 valence electrons. The molecule has 0 N–H and O–H groups in total. The number of fused-ring (bicyclic) bond motifs is 1. The third-order valence-corrected chi connectivity index (χ3v) is 4.34. The average Bonchev–Trinajstić information content (AvgIpc) is 2.58. The van der Waals surface area contributed by atoms with Crippen LogP contribution < -0.4 is 0 Å². The van der Waals surface area contributed by atoms with Gasteiger partial charge in [0.2, 0.25) is 0 Å². The third kappa shape index (κ3) is 2.60. The highest BCUT2D eigenvalue weighted by Gasteiger charge is 2.10. The van der Waals surface area contributed by atoms with Crippen LogP contribution in [0.5, 0.6) is 0 Å². The van der Waals surface area contributed by atoms with Crippen molar-refractivity contribution >= 4 is 47.7 Å². The Balaban J connectivity index is 2.36. The summed E-state index contributed by atoms with van der Waals surface area (Å²) in [6.07, 6.45) is 1.03. The first-order chi connectivity index (χ1) is 7.47. The first-order valence-electron chi connectivity index (χ1n) is 4.34. The normalized spacial score (nSPS) is 12.1. The smallest absolute Gasteiger partial charge is 0.264 e. The van der Waals surface area contributed by atoms with Crippen molar-refractivity contribution < 1.29 is 12.6 Å². The Morgan fingerprint density at radius 3 is 2.94 bits per heavy atom. The molecule has 2 rings (SSSR count). The number of aromatic nitrogens is 1. The van der Waals surface area contributed by atoms with Crippen LogP contribution in [0, 0.1) is 0 Å². The van der Waals surface area contributed by atoms with Crippen molar-refractivity contribution in [3.05, 3.63) is 28.4 Å². The SMILES string of the molecule is CS(=O)(=O)OCc1nsc2c(Br)cccc12. The summed E-state index contributed by atoms with van der Waals surface area (Å²) < 4.78 is 32.6. The fourth-order valence-electron chi connectivity index (χ4n) is 1.25. The molecule has 0 aliphatic carbocycles. The lowest BCUT2D eigenvalue weighted by Crippen LogP contribution is -2.02. The van der Waals surface area contributed by atoms with E-state index in [4.69, 9.17) is 4.18 Å². The van der Waals surface area contributed by atoms with Crippen molar-refractivity contribution in [2.45, 2.75) is 6.61 Å². The lowest BCUT2D eigenvalue weighted by atomic mass is 10.2. The van der Waals surface area contributed by atoms with Crippen molar-refractivity contribution in [3.63, 3.8) is 0 Å². The van der Waals surface area contributed by atoms with E-state index >= 15 is 0 Å². The minimum Gasteiger partial charge on any atom is -0.264 e. The largest absolute Gasteiger partial charge is 0.264 e. The zero-order valence-electron chi connectivity index (χ0n) is 8.31. The van der Waals surface area contributed by atoms with Gasteiger partial charge in [0, 0.05) is 9.86 Å². The predicted molar refractivity (Wildman–Crippen MR) is 67.0 cm³/mol. The maximum Gasteiger partial charge on any atom is 0.264 e. The first-order valence-corrected chi connectivity index (χ1v) is 7.73. The van der Waals surface area contributed by atoms with E-state index in [2.05, 4.69) is 20.3 Å². The van der Waals surface area contributed by atoms with Gasteiger partial charge in [-0.25, -0.2) is 0 Å². The van der Waals surface area contributed by atoms with Gasteiger partial charge in [0.15, 0.2) is 0 Å². The Bertz CT molecular complexity index is 621. The number of nitrogens with zero attached hydrogens (tertiary/aromatic N) is 1. The van der Waals surface area contributed by atoms with Crippen LogP contribution in [0.4, 0.5) is 0 Å². The second-order valence-electron chi connectivity index (χ2n) is 3.21. The van der Waals surface area contributed by atoms with Crippen LogP contribution in [0.15, 0.2) is 22.7 Å². The van der Waals surface area contributed by atoms with E-state index in [1.54, 1.807) is 0 Å². The topological polar surface area (TPSA) is 56.3 Å². The number of hydrogen-bond acceptors (Lipinski definition) is 5. The van der Waals surface area contributed by atoms with Crippen LogP contribution in [0.3, 0.4) is 0 Å². The number of rotatable bonds is 3. The van der Waals surface area contributed by atoms with Gasteiger partial charge in [0.1, 0.15) is 6.61 Å². The highest BCUT2D eigenvalue weighted by atomic mass is 79.9. The summed E-state index contributed by atoms with van der Waals surface area (Å²) in [5, 5.41) is 0.919. The molecule has 0 amide bonds. The van der Waals surface area contributed by atoms with Gasteiger partial charge in [-0.2, -0.15) is 12.8 Å². The maximum atomic E-state index is 10.9. The molecule has 7 heteroatoms. The Labute approximate surface area is 106 Å². The minimum absolute atomic E-state index is 0.0186. The minimum atomic E-state index is -3.43. The fraction of sp³-hybridized carbons (Fsp3) is 0.222. The molecule has 1 aromatic carbocycles. The lowest BCUT2D eigenvalue weighted by molar-refractivity contribution is 0.310. The highest BCUT2D eigenvalue weighted by Crippen LogP contribution is 2.30. The lowest BCUT2D eigenvalue weighted by Gasteiger charge is -1.98. The summed E-state index contributed by atoms with van der Waals surface area (Å²) >= 11 is 4.73. The van der Waals surface area contributed by atoms with E-state index in [0.717, 1.165) is 20.8 Å². The molecule has 0 saturated heterocycles. The van der Waals surface area contributed by atoms with Gasteiger partial charge in [-0.3, -0.25) is 4.18 Å². The molecule has 0 unspecified atom stereocenters. The maximum absolute atomic E-state index is 10.9. The molecule has 0 spiro atoms. The summed E-state index contributed by atoms with van der Waals surface area (Å²) in [6, 6.07) is 5.69. The molecule has 0 aliphatic heterocycles. The molecular formula is C9H8BrNO3S2.